The van der Waals surface area contributed by atoms with Crippen molar-refractivity contribution in [2.24, 2.45) is 0 Å². The van der Waals surface area contributed by atoms with Crippen molar-refractivity contribution in [3.63, 3.8) is 0 Å². The van der Waals surface area contributed by atoms with Gasteiger partial charge in [-0.15, -0.1) is 0 Å². The Morgan fingerprint density at radius 3 is 2.38 bits per heavy atom. The van der Waals surface area contributed by atoms with E-state index in [1.807, 2.05) is 6.08 Å². The summed E-state index contributed by atoms with van der Waals surface area (Å²) >= 11 is 0. The van der Waals surface area contributed by atoms with Crippen molar-refractivity contribution in [1.82, 2.24) is 0 Å². The van der Waals surface area contributed by atoms with E-state index in [1.165, 1.54) is 43.8 Å². The van der Waals surface area contributed by atoms with Gasteiger partial charge in [0.2, 0.25) is 0 Å². The fraction of sp³-hybridized carbons (Fsp3) is 0.167. The van der Waals surface area contributed by atoms with Crippen LogP contribution in [0.3, 0.4) is 0 Å². The lowest BCUT2D eigenvalue weighted by molar-refractivity contribution is 0.660. The molecule has 0 nitrogen and oxygen atoms in total. The molecule has 0 heteroatoms. The standard InChI is InChI=1S/C24H22/c1-5-9-20-21(6-2)24(3,4)22-15-14-18-17-11-8-7-10-16(17)12-13-19(18)23(20)22/h5-15H,1H2,2-4H3/b20-9?,21-6+. The van der Waals surface area contributed by atoms with Gasteiger partial charge in [0.15, 0.2) is 0 Å². The molecule has 1 aliphatic carbocycles. The molecule has 0 aliphatic heterocycles. The fourth-order valence-corrected chi connectivity index (χ4v) is 4.32. The highest BCUT2D eigenvalue weighted by molar-refractivity contribution is 6.13. The second-order valence-electron chi connectivity index (χ2n) is 7.01. The largest absolute Gasteiger partial charge is 0.0990 e. The number of rotatable bonds is 1. The SMILES string of the molecule is C=CC=C1/C(=C\C)C(C)(C)c2ccc3c(ccc4ccccc43)c21. The van der Waals surface area contributed by atoms with E-state index >= 15 is 0 Å². The number of hydrogen-bond donors (Lipinski definition) is 0. The van der Waals surface area contributed by atoms with E-state index in [2.05, 4.69) is 88.0 Å². The van der Waals surface area contributed by atoms with Gasteiger partial charge in [-0.25, -0.2) is 0 Å². The van der Waals surface area contributed by atoms with E-state index < -0.39 is 0 Å². The molecule has 24 heavy (non-hydrogen) atoms. The van der Waals surface area contributed by atoms with Crippen molar-refractivity contribution in [3.8, 4) is 0 Å². The van der Waals surface area contributed by atoms with Crippen molar-refractivity contribution in [2.45, 2.75) is 26.2 Å². The number of benzene rings is 3. The average Bonchev–Trinajstić information content (AvgIpc) is 2.81. The summed E-state index contributed by atoms with van der Waals surface area (Å²) in [6, 6.07) is 17.8. The van der Waals surface area contributed by atoms with E-state index in [-0.39, 0.29) is 5.41 Å². The summed E-state index contributed by atoms with van der Waals surface area (Å²) in [5, 5.41) is 5.28. The predicted molar refractivity (Wildman–Crippen MR) is 106 cm³/mol. The molecule has 0 unspecified atom stereocenters. The van der Waals surface area contributed by atoms with E-state index in [1.54, 1.807) is 0 Å². The third-order valence-corrected chi connectivity index (χ3v) is 5.41. The van der Waals surface area contributed by atoms with Gasteiger partial charge in [-0.05, 0) is 50.7 Å². The van der Waals surface area contributed by atoms with Gasteiger partial charge in [0.05, 0.1) is 0 Å². The Morgan fingerprint density at radius 2 is 1.62 bits per heavy atom. The van der Waals surface area contributed by atoms with Crippen LogP contribution in [0, 0.1) is 0 Å². The highest BCUT2D eigenvalue weighted by Crippen LogP contribution is 2.52. The minimum absolute atomic E-state index is 0.0265. The molecule has 0 radical (unpaired) electrons. The molecular formula is C24H22. The molecule has 0 heterocycles. The Labute approximate surface area is 143 Å². The average molecular weight is 310 g/mol. The molecule has 0 saturated heterocycles. The molecule has 1 aliphatic rings. The third kappa shape index (κ3) is 1.86. The zero-order valence-electron chi connectivity index (χ0n) is 14.6. The van der Waals surface area contributed by atoms with E-state index in [0.717, 1.165) is 0 Å². The lowest BCUT2D eigenvalue weighted by Crippen LogP contribution is -2.14. The summed E-state index contributed by atoms with van der Waals surface area (Å²) in [6.07, 6.45) is 6.32. The van der Waals surface area contributed by atoms with Crippen molar-refractivity contribution in [1.29, 1.82) is 0 Å². The molecule has 0 aromatic heterocycles. The van der Waals surface area contributed by atoms with Crippen LogP contribution in [0.15, 0.2) is 78.9 Å². The normalized spacial score (nSPS) is 19.3. The summed E-state index contributed by atoms with van der Waals surface area (Å²) in [6.45, 7) is 10.7. The lowest BCUT2D eigenvalue weighted by atomic mass is 9.82. The minimum Gasteiger partial charge on any atom is -0.0990 e. The monoisotopic (exact) mass is 310 g/mol. The molecule has 0 N–H and O–H groups in total. The highest BCUT2D eigenvalue weighted by atomic mass is 14.4. The zero-order chi connectivity index (χ0) is 16.9. The maximum Gasteiger partial charge on any atom is 0.0155 e. The first-order valence-electron chi connectivity index (χ1n) is 8.54. The summed E-state index contributed by atoms with van der Waals surface area (Å²) in [5.74, 6) is 0. The summed E-state index contributed by atoms with van der Waals surface area (Å²) in [7, 11) is 0. The number of fused-ring (bicyclic) bond motifs is 5. The quantitative estimate of drug-likeness (QED) is 0.433. The van der Waals surface area contributed by atoms with Gasteiger partial charge < -0.3 is 0 Å². The Balaban J connectivity index is 2.19. The van der Waals surface area contributed by atoms with Gasteiger partial charge in [0.25, 0.3) is 0 Å². The Morgan fingerprint density at radius 1 is 0.875 bits per heavy atom. The first-order valence-corrected chi connectivity index (χ1v) is 8.54. The molecule has 0 spiro atoms. The predicted octanol–water partition coefficient (Wildman–Crippen LogP) is 6.80. The summed E-state index contributed by atoms with van der Waals surface area (Å²) < 4.78 is 0. The Bertz CT molecular complexity index is 1040. The van der Waals surface area contributed by atoms with Gasteiger partial charge in [0.1, 0.15) is 0 Å². The van der Waals surface area contributed by atoms with Crippen LogP contribution in [0.5, 0.6) is 0 Å². The van der Waals surface area contributed by atoms with Crippen LogP contribution in [0.25, 0.3) is 27.1 Å². The van der Waals surface area contributed by atoms with Crippen molar-refractivity contribution < 1.29 is 0 Å². The van der Waals surface area contributed by atoms with Gasteiger partial charge in [-0.1, -0.05) is 87.2 Å². The maximum absolute atomic E-state index is 3.94. The van der Waals surface area contributed by atoms with Crippen LogP contribution in [-0.4, -0.2) is 0 Å². The first-order chi connectivity index (χ1) is 11.6. The second-order valence-corrected chi connectivity index (χ2v) is 7.01. The second kappa shape index (κ2) is 5.21. The van der Waals surface area contributed by atoms with Crippen LogP contribution >= 0.6 is 0 Å². The molecular weight excluding hydrogens is 288 g/mol. The molecule has 0 saturated carbocycles. The van der Waals surface area contributed by atoms with Crippen LogP contribution in [0.4, 0.5) is 0 Å². The summed E-state index contributed by atoms with van der Waals surface area (Å²) in [5.41, 5.74) is 5.51. The highest BCUT2D eigenvalue weighted by Gasteiger charge is 2.38. The zero-order valence-corrected chi connectivity index (χ0v) is 14.6. The minimum atomic E-state index is 0.0265. The molecule has 3 aromatic rings. The van der Waals surface area contributed by atoms with Crippen LogP contribution in [-0.2, 0) is 5.41 Å². The molecule has 4 rings (SSSR count). The van der Waals surface area contributed by atoms with Crippen molar-refractivity contribution in [2.75, 3.05) is 0 Å². The maximum atomic E-state index is 3.94. The van der Waals surface area contributed by atoms with Crippen molar-refractivity contribution in [3.05, 3.63) is 90.0 Å². The molecule has 0 fully saturated rings. The van der Waals surface area contributed by atoms with Crippen LogP contribution < -0.4 is 0 Å². The molecule has 0 bridgehead atoms. The van der Waals surface area contributed by atoms with Gasteiger partial charge >= 0.3 is 0 Å². The van der Waals surface area contributed by atoms with Crippen LogP contribution in [0.1, 0.15) is 31.9 Å². The summed E-state index contributed by atoms with van der Waals surface area (Å²) in [4.78, 5) is 0. The molecule has 0 amide bonds. The van der Waals surface area contributed by atoms with Crippen LogP contribution in [0.2, 0.25) is 0 Å². The van der Waals surface area contributed by atoms with Gasteiger partial charge in [-0.3, -0.25) is 0 Å². The molecule has 3 aromatic carbocycles. The van der Waals surface area contributed by atoms with Gasteiger partial charge in [0, 0.05) is 5.41 Å². The molecule has 118 valence electrons. The van der Waals surface area contributed by atoms with Gasteiger partial charge in [-0.2, -0.15) is 0 Å². The third-order valence-electron chi connectivity index (χ3n) is 5.41. The van der Waals surface area contributed by atoms with Crippen molar-refractivity contribution >= 4 is 27.1 Å². The Hall–Kier alpha value is -2.60. The number of hydrogen-bond acceptors (Lipinski definition) is 0. The topological polar surface area (TPSA) is 0 Å². The Kier molecular flexibility index (Phi) is 3.25. The van der Waals surface area contributed by atoms with E-state index in [0.29, 0.717) is 0 Å². The van der Waals surface area contributed by atoms with E-state index in [4.69, 9.17) is 0 Å². The van der Waals surface area contributed by atoms with E-state index in [9.17, 15) is 0 Å². The molecule has 0 atom stereocenters. The number of allylic oxidation sites excluding steroid dienone is 5. The lowest BCUT2D eigenvalue weighted by Gasteiger charge is -2.21. The fourth-order valence-electron chi connectivity index (χ4n) is 4.32. The first kappa shape index (κ1) is 15.0. The smallest absolute Gasteiger partial charge is 0.0155 e.